The lowest BCUT2D eigenvalue weighted by atomic mass is 10.1. The minimum atomic E-state index is -2.66. The van der Waals surface area contributed by atoms with Gasteiger partial charge in [0.15, 0.2) is 6.10 Å². The predicted molar refractivity (Wildman–Crippen MR) is 84.1 cm³/mol. The van der Waals surface area contributed by atoms with Crippen LogP contribution in [-0.4, -0.2) is 65.6 Å². The summed E-state index contributed by atoms with van der Waals surface area (Å²) in [5.41, 5.74) is 0.938. The van der Waals surface area contributed by atoms with Gasteiger partial charge in [0.05, 0.1) is 13.2 Å². The Morgan fingerprint density at radius 3 is 2.79 bits per heavy atom. The topological polar surface area (TPSA) is 58.6 Å². The van der Waals surface area contributed by atoms with Gasteiger partial charge in [-0.05, 0) is 6.42 Å². The van der Waals surface area contributed by atoms with Crippen LogP contribution in [0.25, 0.3) is 0 Å². The number of ether oxygens (including phenoxy) is 1. The van der Waals surface area contributed by atoms with Crippen LogP contribution in [0.3, 0.4) is 0 Å². The van der Waals surface area contributed by atoms with Crippen molar-refractivity contribution in [1.82, 2.24) is 14.9 Å². The molecule has 2 aliphatic heterocycles. The van der Waals surface area contributed by atoms with Crippen molar-refractivity contribution in [1.29, 1.82) is 0 Å². The Kier molecular flexibility index (Phi) is 4.93. The van der Waals surface area contributed by atoms with Crippen molar-refractivity contribution in [3.63, 3.8) is 0 Å². The van der Waals surface area contributed by atoms with E-state index in [1.807, 2.05) is 17.9 Å². The first kappa shape index (κ1) is 17.0. The number of rotatable bonds is 3. The number of hydrogen-bond donors (Lipinski definition) is 0. The molecule has 0 aliphatic carbocycles. The zero-order valence-electron chi connectivity index (χ0n) is 13.8. The first-order valence-corrected chi connectivity index (χ1v) is 8.32. The molecule has 0 radical (unpaired) electrons. The molecular formula is C16H22F2N4O2. The van der Waals surface area contributed by atoms with Gasteiger partial charge in [0.1, 0.15) is 12.1 Å². The Labute approximate surface area is 139 Å². The average molecular weight is 340 g/mol. The molecule has 132 valence electrons. The van der Waals surface area contributed by atoms with E-state index in [1.165, 1.54) is 11.2 Å². The normalized spacial score (nSPS) is 24.0. The Morgan fingerprint density at radius 1 is 1.33 bits per heavy atom. The number of anilines is 1. The SMILES string of the molecule is CCc1cc(N2CCOC(C(=O)N3CCC(F)(F)CC3)C2)ncn1. The number of likely N-dealkylation sites (tertiary alicyclic amines) is 1. The molecule has 2 fully saturated rings. The quantitative estimate of drug-likeness (QED) is 0.835. The summed E-state index contributed by atoms with van der Waals surface area (Å²) in [7, 11) is 0. The van der Waals surface area contributed by atoms with Gasteiger partial charge in [0.25, 0.3) is 11.8 Å². The van der Waals surface area contributed by atoms with Crippen molar-refractivity contribution in [2.45, 2.75) is 38.2 Å². The highest BCUT2D eigenvalue weighted by molar-refractivity contribution is 5.82. The number of hydrogen-bond acceptors (Lipinski definition) is 5. The summed E-state index contributed by atoms with van der Waals surface area (Å²) in [4.78, 5) is 24.5. The molecule has 1 aromatic heterocycles. The third-order valence-electron chi connectivity index (χ3n) is 4.54. The summed E-state index contributed by atoms with van der Waals surface area (Å²) in [5.74, 6) is -2.10. The van der Waals surface area contributed by atoms with Gasteiger partial charge < -0.3 is 14.5 Å². The Balaban J connectivity index is 1.63. The summed E-state index contributed by atoms with van der Waals surface area (Å²) in [6.07, 6.45) is 1.14. The van der Waals surface area contributed by atoms with E-state index < -0.39 is 12.0 Å². The van der Waals surface area contributed by atoms with Gasteiger partial charge in [0.2, 0.25) is 0 Å². The summed E-state index contributed by atoms with van der Waals surface area (Å²) in [6.45, 7) is 3.61. The second-order valence-electron chi connectivity index (χ2n) is 6.21. The van der Waals surface area contributed by atoms with Gasteiger partial charge in [-0.25, -0.2) is 18.7 Å². The van der Waals surface area contributed by atoms with E-state index in [9.17, 15) is 13.6 Å². The van der Waals surface area contributed by atoms with Gasteiger partial charge in [-0.2, -0.15) is 0 Å². The zero-order valence-corrected chi connectivity index (χ0v) is 13.8. The van der Waals surface area contributed by atoms with Crippen LogP contribution in [0.15, 0.2) is 12.4 Å². The van der Waals surface area contributed by atoms with Crippen molar-refractivity contribution in [2.24, 2.45) is 0 Å². The van der Waals surface area contributed by atoms with E-state index in [2.05, 4.69) is 9.97 Å². The smallest absolute Gasteiger partial charge is 0.253 e. The molecule has 2 aliphatic rings. The van der Waals surface area contributed by atoms with Crippen LogP contribution in [0.2, 0.25) is 0 Å². The fraction of sp³-hybridized carbons (Fsp3) is 0.688. The second-order valence-corrected chi connectivity index (χ2v) is 6.21. The number of alkyl halides is 2. The standard InChI is InChI=1S/C16H22F2N4O2/c1-2-12-9-14(20-11-19-12)22-7-8-24-13(10-22)15(23)21-5-3-16(17,18)4-6-21/h9,11,13H,2-8,10H2,1H3. The average Bonchev–Trinajstić information content (AvgIpc) is 2.61. The molecule has 8 heteroatoms. The maximum atomic E-state index is 13.2. The highest BCUT2D eigenvalue weighted by atomic mass is 19.3. The third-order valence-corrected chi connectivity index (χ3v) is 4.54. The predicted octanol–water partition coefficient (Wildman–Crippen LogP) is 1.50. The van der Waals surface area contributed by atoms with Crippen LogP contribution in [0.1, 0.15) is 25.5 Å². The number of carbonyl (C=O) groups excluding carboxylic acids is 1. The number of aromatic nitrogens is 2. The van der Waals surface area contributed by atoms with Crippen molar-refractivity contribution < 1.29 is 18.3 Å². The number of amides is 1. The Bertz CT molecular complexity index is 589. The first-order chi connectivity index (χ1) is 11.5. The van der Waals surface area contributed by atoms with Gasteiger partial charge in [-0.3, -0.25) is 4.79 Å². The van der Waals surface area contributed by atoms with E-state index in [0.717, 1.165) is 17.9 Å². The minimum Gasteiger partial charge on any atom is -0.365 e. The lowest BCUT2D eigenvalue weighted by molar-refractivity contribution is -0.150. The van der Waals surface area contributed by atoms with E-state index >= 15 is 0 Å². The van der Waals surface area contributed by atoms with E-state index in [4.69, 9.17) is 4.74 Å². The number of morpholine rings is 1. The molecule has 0 saturated carbocycles. The molecule has 1 amide bonds. The molecule has 0 spiro atoms. The second kappa shape index (κ2) is 6.96. The van der Waals surface area contributed by atoms with Gasteiger partial charge in [-0.1, -0.05) is 6.92 Å². The maximum Gasteiger partial charge on any atom is 0.253 e. The number of nitrogens with zero attached hydrogens (tertiary/aromatic N) is 4. The van der Waals surface area contributed by atoms with Crippen LogP contribution >= 0.6 is 0 Å². The molecule has 2 saturated heterocycles. The molecular weight excluding hydrogens is 318 g/mol. The fourth-order valence-corrected chi connectivity index (χ4v) is 3.02. The molecule has 1 unspecified atom stereocenters. The highest BCUT2D eigenvalue weighted by Crippen LogP contribution is 2.28. The minimum absolute atomic E-state index is 0.0825. The van der Waals surface area contributed by atoms with Gasteiger partial charge in [0, 0.05) is 44.2 Å². The summed E-state index contributed by atoms with van der Waals surface area (Å²) in [5, 5.41) is 0. The monoisotopic (exact) mass is 340 g/mol. The van der Waals surface area contributed by atoms with Crippen molar-refractivity contribution in [2.75, 3.05) is 37.7 Å². The largest absolute Gasteiger partial charge is 0.365 e. The maximum absolute atomic E-state index is 13.2. The summed E-state index contributed by atoms with van der Waals surface area (Å²) < 4.78 is 32.1. The van der Waals surface area contributed by atoms with Crippen molar-refractivity contribution >= 4 is 11.7 Å². The van der Waals surface area contributed by atoms with Crippen LogP contribution in [-0.2, 0) is 16.0 Å². The molecule has 1 aromatic rings. The summed E-state index contributed by atoms with van der Waals surface area (Å²) >= 11 is 0. The highest BCUT2D eigenvalue weighted by Gasteiger charge is 2.38. The zero-order chi connectivity index (χ0) is 17.2. The molecule has 0 aromatic carbocycles. The van der Waals surface area contributed by atoms with E-state index in [0.29, 0.717) is 19.7 Å². The van der Waals surface area contributed by atoms with Crippen molar-refractivity contribution in [3.8, 4) is 0 Å². The third kappa shape index (κ3) is 3.80. The number of carbonyl (C=O) groups is 1. The molecule has 3 rings (SSSR count). The van der Waals surface area contributed by atoms with Gasteiger partial charge in [-0.15, -0.1) is 0 Å². The number of aryl methyl sites for hydroxylation is 1. The molecule has 1 atom stereocenters. The lowest BCUT2D eigenvalue weighted by Crippen LogP contribution is -2.53. The van der Waals surface area contributed by atoms with Crippen molar-refractivity contribution in [3.05, 3.63) is 18.1 Å². The summed E-state index contributed by atoms with van der Waals surface area (Å²) in [6, 6.07) is 1.91. The Hall–Kier alpha value is -1.83. The number of halogens is 2. The van der Waals surface area contributed by atoms with Crippen LogP contribution in [0.5, 0.6) is 0 Å². The lowest BCUT2D eigenvalue weighted by Gasteiger charge is -2.38. The number of piperidine rings is 1. The molecule has 3 heterocycles. The van der Waals surface area contributed by atoms with E-state index in [-0.39, 0.29) is 31.8 Å². The molecule has 0 N–H and O–H groups in total. The van der Waals surface area contributed by atoms with Crippen LogP contribution in [0.4, 0.5) is 14.6 Å². The fourth-order valence-electron chi connectivity index (χ4n) is 3.02. The van der Waals surface area contributed by atoms with Crippen LogP contribution < -0.4 is 4.90 Å². The molecule has 0 bridgehead atoms. The first-order valence-electron chi connectivity index (χ1n) is 8.32. The van der Waals surface area contributed by atoms with Gasteiger partial charge >= 0.3 is 0 Å². The Morgan fingerprint density at radius 2 is 2.08 bits per heavy atom. The molecule has 24 heavy (non-hydrogen) atoms. The van der Waals surface area contributed by atoms with E-state index in [1.54, 1.807) is 0 Å². The van der Waals surface area contributed by atoms with Crippen LogP contribution in [0, 0.1) is 0 Å². The molecule has 6 nitrogen and oxygen atoms in total.